The van der Waals surface area contributed by atoms with Crippen molar-refractivity contribution in [3.63, 3.8) is 0 Å². The molecule has 4 saturated carbocycles. The van der Waals surface area contributed by atoms with E-state index in [2.05, 4.69) is 6.08 Å². The zero-order chi connectivity index (χ0) is 18.6. The molecule has 1 spiro atoms. The van der Waals surface area contributed by atoms with Crippen LogP contribution in [-0.4, -0.2) is 47.5 Å². The van der Waals surface area contributed by atoms with Crippen molar-refractivity contribution in [3.8, 4) is 0 Å². The van der Waals surface area contributed by atoms with Gasteiger partial charge in [0.25, 0.3) is 0 Å². The predicted molar refractivity (Wildman–Crippen MR) is 92.8 cm³/mol. The number of alkyl halides is 2. The molecule has 1 saturated heterocycles. The van der Waals surface area contributed by atoms with E-state index in [1.165, 1.54) is 22.8 Å². The van der Waals surface area contributed by atoms with Crippen LogP contribution in [0, 0.1) is 29.1 Å². The van der Waals surface area contributed by atoms with E-state index in [1.807, 2.05) is 0 Å². The maximum absolute atomic E-state index is 12.1. The summed E-state index contributed by atoms with van der Waals surface area (Å²) < 4.78 is 8.34. The van der Waals surface area contributed by atoms with Gasteiger partial charge in [0, 0.05) is 0 Å². The standard InChI is InChI=1S/C21H26IO5/c23-15-4-3-11-7-12-13-8-21(26,19(24)25)18-20(13,16(11)17(15)27-18)6-5-14(12)22-9-10-1-2-10/h3-4,10,12-14,16-18,23,26H,1-2,5-9H2,(H,24,25)/q-1/t12-,13?,14?,16?,17?,18-,20+,21+/m1/s1. The van der Waals surface area contributed by atoms with Crippen LogP contribution in [0.1, 0.15) is 38.5 Å². The molecule has 8 atom stereocenters. The van der Waals surface area contributed by atoms with Crippen molar-refractivity contribution in [2.24, 2.45) is 29.1 Å². The van der Waals surface area contributed by atoms with Crippen molar-refractivity contribution in [2.75, 3.05) is 4.43 Å². The third-order valence-corrected chi connectivity index (χ3v) is 12.8. The topological polar surface area (TPSA) is 87.0 Å². The van der Waals surface area contributed by atoms with Gasteiger partial charge >= 0.3 is 169 Å². The quantitative estimate of drug-likeness (QED) is 0.361. The molecule has 148 valence electrons. The fourth-order valence-electron chi connectivity index (χ4n) is 7.10. The third kappa shape index (κ3) is 2.10. The first-order valence-electron chi connectivity index (χ1n) is 10.2. The molecule has 2 bridgehead atoms. The van der Waals surface area contributed by atoms with Gasteiger partial charge < -0.3 is 0 Å². The molecule has 0 amide bonds. The molecule has 5 nitrogen and oxygen atoms in total. The van der Waals surface area contributed by atoms with Crippen LogP contribution < -0.4 is 21.2 Å². The Labute approximate surface area is 169 Å². The van der Waals surface area contributed by atoms with Gasteiger partial charge in [-0.3, -0.25) is 0 Å². The summed E-state index contributed by atoms with van der Waals surface area (Å²) in [5, 5.41) is 31.5. The Morgan fingerprint density at radius 2 is 2.11 bits per heavy atom. The first-order valence-corrected chi connectivity index (χ1v) is 13.0. The molecule has 0 radical (unpaired) electrons. The van der Waals surface area contributed by atoms with Crippen LogP contribution in [0.4, 0.5) is 0 Å². The number of allylic oxidation sites excluding steroid dienone is 2. The van der Waals surface area contributed by atoms with Crippen LogP contribution in [0.25, 0.3) is 0 Å². The Morgan fingerprint density at radius 1 is 1.30 bits per heavy atom. The first kappa shape index (κ1) is 17.3. The van der Waals surface area contributed by atoms with E-state index >= 15 is 0 Å². The summed E-state index contributed by atoms with van der Waals surface area (Å²) in [5.74, 6) is 0.744. The van der Waals surface area contributed by atoms with Gasteiger partial charge in [0.15, 0.2) is 0 Å². The molecule has 5 fully saturated rings. The van der Waals surface area contributed by atoms with Crippen molar-refractivity contribution in [2.45, 2.75) is 60.3 Å². The van der Waals surface area contributed by atoms with Crippen LogP contribution in [0.15, 0.2) is 23.5 Å². The molecule has 3 N–H and O–H groups in total. The summed E-state index contributed by atoms with van der Waals surface area (Å²) in [5.41, 5.74) is -0.801. The fourth-order valence-corrected chi connectivity index (χ4v) is 11.5. The number of rotatable bonds is 4. The summed E-state index contributed by atoms with van der Waals surface area (Å²) >= 11 is 0.121. The molecule has 5 aliphatic carbocycles. The second kappa shape index (κ2) is 5.51. The molecule has 1 aliphatic heterocycles. The molecule has 4 unspecified atom stereocenters. The average Bonchev–Trinajstić information content (AvgIpc) is 3.32. The zero-order valence-corrected chi connectivity index (χ0v) is 17.3. The maximum atomic E-state index is 12.1. The van der Waals surface area contributed by atoms with Gasteiger partial charge in [0.2, 0.25) is 0 Å². The Morgan fingerprint density at radius 3 is 2.85 bits per heavy atom. The number of hydrogen-bond acceptors (Lipinski definition) is 4. The van der Waals surface area contributed by atoms with Gasteiger partial charge in [0.05, 0.1) is 0 Å². The molecular weight excluding hydrogens is 459 g/mol. The SMILES string of the molecule is O=C(O)[C@]1(O)CC2[C@H]3CC4=CC=C(O)C5O[C@@H]1[C@]2(CCC3[I-]CC1CC1)C45. The van der Waals surface area contributed by atoms with E-state index in [-0.39, 0.29) is 44.2 Å². The fraction of sp³-hybridized carbons (Fsp3) is 0.762. The molecule has 1 heterocycles. The second-order valence-corrected chi connectivity index (χ2v) is 12.9. The van der Waals surface area contributed by atoms with Gasteiger partial charge in [-0.05, 0) is 0 Å². The summed E-state index contributed by atoms with van der Waals surface area (Å²) in [6.07, 6.45) is 8.84. The molecular formula is C21H26IO5-. The molecule has 6 aliphatic rings. The number of hydrogen-bond donors (Lipinski definition) is 3. The number of ether oxygens (including phenoxy) is 1. The number of aliphatic hydroxyl groups excluding tert-OH is 1. The van der Waals surface area contributed by atoms with Gasteiger partial charge in [-0.25, -0.2) is 0 Å². The summed E-state index contributed by atoms with van der Waals surface area (Å²) in [6.45, 7) is 0. The van der Waals surface area contributed by atoms with E-state index in [0.717, 1.165) is 29.1 Å². The predicted octanol–water partition coefficient (Wildman–Crippen LogP) is -0.745. The molecule has 0 aromatic rings. The van der Waals surface area contributed by atoms with Crippen molar-refractivity contribution in [3.05, 3.63) is 23.5 Å². The average molecular weight is 485 g/mol. The molecule has 0 aromatic carbocycles. The van der Waals surface area contributed by atoms with Crippen LogP contribution in [0.3, 0.4) is 0 Å². The van der Waals surface area contributed by atoms with Crippen molar-refractivity contribution in [1.29, 1.82) is 0 Å². The first-order chi connectivity index (χ1) is 12.9. The Balaban J connectivity index is 1.44. The van der Waals surface area contributed by atoms with Crippen LogP contribution >= 0.6 is 0 Å². The van der Waals surface area contributed by atoms with Crippen LogP contribution in [-0.2, 0) is 9.53 Å². The monoisotopic (exact) mass is 485 g/mol. The normalized spacial score (nSPS) is 52.3. The van der Waals surface area contributed by atoms with E-state index < -0.39 is 23.8 Å². The van der Waals surface area contributed by atoms with Crippen LogP contribution in [0.2, 0.25) is 0 Å². The van der Waals surface area contributed by atoms with Gasteiger partial charge in [-0.1, -0.05) is 0 Å². The third-order valence-electron chi connectivity index (χ3n) is 8.35. The molecule has 6 heteroatoms. The Kier molecular flexibility index (Phi) is 3.52. The summed E-state index contributed by atoms with van der Waals surface area (Å²) in [7, 11) is 0. The number of carboxylic acids is 1. The molecule has 27 heavy (non-hydrogen) atoms. The number of halogens is 1. The van der Waals surface area contributed by atoms with E-state index in [1.54, 1.807) is 6.08 Å². The Bertz CT molecular complexity index is 773. The molecule has 6 rings (SSSR count). The minimum absolute atomic E-state index is 0.0460. The van der Waals surface area contributed by atoms with E-state index in [9.17, 15) is 20.1 Å². The second-order valence-electron chi connectivity index (χ2n) is 9.57. The van der Waals surface area contributed by atoms with Gasteiger partial charge in [-0.2, -0.15) is 0 Å². The number of aliphatic carboxylic acids is 1. The summed E-state index contributed by atoms with van der Waals surface area (Å²) in [6, 6.07) is 0. The number of carboxylic acid groups (broad SMARTS) is 1. The Hall–Kier alpha value is -0.600. The number of aliphatic hydroxyl groups is 2. The van der Waals surface area contributed by atoms with E-state index in [0.29, 0.717) is 12.3 Å². The number of carbonyl (C=O) groups is 1. The van der Waals surface area contributed by atoms with Crippen molar-refractivity contribution < 1.29 is 46.1 Å². The van der Waals surface area contributed by atoms with Crippen molar-refractivity contribution >= 4 is 5.97 Å². The van der Waals surface area contributed by atoms with Crippen molar-refractivity contribution in [1.82, 2.24) is 0 Å². The van der Waals surface area contributed by atoms with Gasteiger partial charge in [0.1, 0.15) is 0 Å². The molecule has 0 aromatic heterocycles. The zero-order valence-electron chi connectivity index (χ0n) is 15.2. The summed E-state index contributed by atoms with van der Waals surface area (Å²) in [4.78, 5) is 12.1. The van der Waals surface area contributed by atoms with E-state index in [4.69, 9.17) is 4.74 Å². The van der Waals surface area contributed by atoms with Gasteiger partial charge in [-0.15, -0.1) is 0 Å². The minimum atomic E-state index is -1.82. The van der Waals surface area contributed by atoms with Crippen LogP contribution in [0.5, 0.6) is 0 Å².